The molecule has 1 aliphatic heterocycles. The van der Waals surface area contributed by atoms with Crippen molar-refractivity contribution in [2.75, 3.05) is 43.4 Å². The van der Waals surface area contributed by atoms with Crippen molar-refractivity contribution in [3.8, 4) is 11.3 Å². The molecule has 0 radical (unpaired) electrons. The lowest BCUT2D eigenvalue weighted by atomic mass is 9.85. The first-order chi connectivity index (χ1) is 19.5. The molecule has 1 saturated heterocycles. The Hall–Kier alpha value is -4.38. The number of aromatic amines is 1. The lowest BCUT2D eigenvalue weighted by Crippen LogP contribution is -2.44. The molecule has 40 heavy (non-hydrogen) atoms. The first kappa shape index (κ1) is 25.9. The van der Waals surface area contributed by atoms with Crippen LogP contribution in [0, 0.1) is 5.92 Å². The summed E-state index contributed by atoms with van der Waals surface area (Å²) in [6, 6.07) is 3.86. The van der Waals surface area contributed by atoms with Gasteiger partial charge >= 0.3 is 0 Å². The Morgan fingerprint density at radius 1 is 1.10 bits per heavy atom. The van der Waals surface area contributed by atoms with Crippen molar-refractivity contribution in [1.82, 2.24) is 29.8 Å². The van der Waals surface area contributed by atoms with Gasteiger partial charge in [0.1, 0.15) is 11.2 Å². The molecule has 0 bridgehead atoms. The fourth-order valence-corrected chi connectivity index (χ4v) is 5.27. The number of rotatable bonds is 7. The van der Waals surface area contributed by atoms with E-state index in [0.717, 1.165) is 85.3 Å². The minimum Gasteiger partial charge on any atom is -0.366 e. The minimum atomic E-state index is 0.0491. The summed E-state index contributed by atoms with van der Waals surface area (Å²) < 4.78 is 0. The second-order valence-electron chi connectivity index (χ2n) is 10.6. The molecule has 4 aromatic rings. The molecular formula is C29H34N10O. The molecule has 4 N–H and O–H groups in total. The Bertz CT molecular complexity index is 1570. The Kier molecular flexibility index (Phi) is 7.12. The molecule has 6 rings (SSSR count). The van der Waals surface area contributed by atoms with Crippen LogP contribution < -0.4 is 16.1 Å². The van der Waals surface area contributed by atoms with Crippen LogP contribution in [0.15, 0.2) is 48.2 Å². The topological polar surface area (TPSA) is 141 Å². The Morgan fingerprint density at radius 3 is 2.62 bits per heavy atom. The van der Waals surface area contributed by atoms with Crippen molar-refractivity contribution < 1.29 is 4.79 Å². The minimum absolute atomic E-state index is 0.0491. The number of likely N-dealkylation sites (N-methyl/N-ethyl adjacent to an activating group) is 1. The fourth-order valence-electron chi connectivity index (χ4n) is 5.27. The van der Waals surface area contributed by atoms with Crippen molar-refractivity contribution in [3.63, 3.8) is 0 Å². The van der Waals surface area contributed by atoms with E-state index in [4.69, 9.17) is 15.8 Å². The van der Waals surface area contributed by atoms with Crippen molar-refractivity contribution in [2.45, 2.75) is 32.6 Å². The van der Waals surface area contributed by atoms with E-state index in [9.17, 15) is 4.79 Å². The molecule has 2 aliphatic rings. The summed E-state index contributed by atoms with van der Waals surface area (Å²) in [7, 11) is 2.14. The van der Waals surface area contributed by atoms with Crippen molar-refractivity contribution >= 4 is 34.0 Å². The molecule has 0 aromatic carbocycles. The SMILES string of the molecule is CCc1cnc(-c2cncc(NC(=O)C3CCC3)c2)cc1/C(=N\N)c1nc2c(N3CCN(C)CC3)cncc2[nH]1. The van der Waals surface area contributed by atoms with Gasteiger partial charge in [0.25, 0.3) is 0 Å². The highest BCUT2D eigenvalue weighted by Gasteiger charge is 2.25. The molecule has 1 aliphatic carbocycles. The number of piperazine rings is 1. The third kappa shape index (κ3) is 5.00. The first-order valence-electron chi connectivity index (χ1n) is 13.8. The zero-order valence-electron chi connectivity index (χ0n) is 22.9. The predicted molar refractivity (Wildman–Crippen MR) is 156 cm³/mol. The molecule has 1 saturated carbocycles. The number of nitrogens with two attached hydrogens (primary N) is 1. The Morgan fingerprint density at radius 2 is 1.90 bits per heavy atom. The van der Waals surface area contributed by atoms with Crippen LogP contribution in [0.3, 0.4) is 0 Å². The highest BCUT2D eigenvalue weighted by molar-refractivity contribution is 6.13. The lowest BCUT2D eigenvalue weighted by Gasteiger charge is -2.33. The van der Waals surface area contributed by atoms with E-state index in [2.05, 4.69) is 49.1 Å². The number of carbonyl (C=O) groups is 1. The number of aryl methyl sites for hydroxylation is 1. The number of pyridine rings is 3. The second kappa shape index (κ2) is 11.0. The van der Waals surface area contributed by atoms with E-state index in [1.807, 2.05) is 24.5 Å². The summed E-state index contributed by atoms with van der Waals surface area (Å²) in [5.74, 6) is 6.73. The molecule has 0 spiro atoms. The maximum Gasteiger partial charge on any atom is 0.227 e. The van der Waals surface area contributed by atoms with Crippen LogP contribution >= 0.6 is 0 Å². The van der Waals surface area contributed by atoms with Crippen LogP contribution in [0.2, 0.25) is 0 Å². The van der Waals surface area contributed by atoms with Gasteiger partial charge in [0, 0.05) is 55.6 Å². The molecule has 0 unspecified atom stereocenters. The summed E-state index contributed by atoms with van der Waals surface area (Å²) in [5.41, 5.74) is 7.22. The van der Waals surface area contributed by atoms with Gasteiger partial charge in [-0.25, -0.2) is 4.98 Å². The quantitative estimate of drug-likeness (QED) is 0.185. The average molecular weight is 539 g/mol. The largest absolute Gasteiger partial charge is 0.366 e. The van der Waals surface area contributed by atoms with Crippen LogP contribution in [0.4, 0.5) is 11.4 Å². The summed E-state index contributed by atoms with van der Waals surface area (Å²) >= 11 is 0. The summed E-state index contributed by atoms with van der Waals surface area (Å²) in [6.45, 7) is 5.88. The third-order valence-corrected chi connectivity index (χ3v) is 7.97. The number of nitrogens with zero attached hydrogens (tertiary/aromatic N) is 7. The van der Waals surface area contributed by atoms with Crippen molar-refractivity contribution in [2.24, 2.45) is 16.9 Å². The number of hydrogen-bond acceptors (Lipinski definition) is 9. The van der Waals surface area contributed by atoms with E-state index in [1.165, 1.54) is 0 Å². The third-order valence-electron chi connectivity index (χ3n) is 7.97. The zero-order valence-corrected chi connectivity index (χ0v) is 22.9. The normalized spacial score (nSPS) is 16.8. The van der Waals surface area contributed by atoms with E-state index in [1.54, 1.807) is 18.6 Å². The molecule has 11 heteroatoms. The number of hydrazone groups is 1. The zero-order chi connectivity index (χ0) is 27.6. The van der Waals surface area contributed by atoms with Gasteiger partial charge in [-0.2, -0.15) is 5.10 Å². The Labute approximate surface area is 232 Å². The first-order valence-corrected chi connectivity index (χ1v) is 13.8. The van der Waals surface area contributed by atoms with Gasteiger partial charge in [-0.05, 0) is 44.0 Å². The number of H-pyrrole nitrogens is 1. The lowest BCUT2D eigenvalue weighted by molar-refractivity contribution is -0.122. The molecule has 5 heterocycles. The van der Waals surface area contributed by atoms with Crippen molar-refractivity contribution in [1.29, 1.82) is 0 Å². The van der Waals surface area contributed by atoms with E-state index < -0.39 is 0 Å². The Balaban J connectivity index is 1.33. The molecule has 1 amide bonds. The maximum atomic E-state index is 12.5. The monoisotopic (exact) mass is 538 g/mol. The number of anilines is 2. The summed E-state index contributed by atoms with van der Waals surface area (Å²) in [6.07, 6.45) is 12.6. The number of imidazole rings is 1. The predicted octanol–water partition coefficient (Wildman–Crippen LogP) is 3.18. The maximum absolute atomic E-state index is 12.5. The van der Waals surface area contributed by atoms with Gasteiger partial charge < -0.3 is 25.9 Å². The molecule has 11 nitrogen and oxygen atoms in total. The van der Waals surface area contributed by atoms with Crippen LogP contribution in [0.5, 0.6) is 0 Å². The average Bonchev–Trinajstić information content (AvgIpc) is 3.37. The highest BCUT2D eigenvalue weighted by atomic mass is 16.1. The number of hydrogen-bond donors (Lipinski definition) is 3. The number of fused-ring (bicyclic) bond motifs is 1. The number of amides is 1. The smallest absolute Gasteiger partial charge is 0.227 e. The number of carbonyl (C=O) groups excluding carboxylic acids is 1. The second-order valence-corrected chi connectivity index (χ2v) is 10.6. The highest BCUT2D eigenvalue weighted by Crippen LogP contribution is 2.30. The summed E-state index contributed by atoms with van der Waals surface area (Å²) in [5, 5.41) is 7.19. The van der Waals surface area contributed by atoms with Gasteiger partial charge in [0.2, 0.25) is 5.91 Å². The molecular weight excluding hydrogens is 504 g/mol. The number of nitrogens with one attached hydrogen (secondary N) is 2. The molecule has 206 valence electrons. The van der Waals surface area contributed by atoms with Gasteiger partial charge in [-0.3, -0.25) is 19.7 Å². The molecule has 0 atom stereocenters. The standard InChI is InChI=1S/C29H34N10O/c1-3-18-14-33-23(20-11-21(15-31-13-20)34-29(40)19-5-4-6-19)12-22(18)26(37-30)28-35-24-16-32-17-25(27(24)36-28)39-9-7-38(2)8-10-39/h11-17,19H,3-10,30H2,1-2H3,(H,34,40)(H,35,36)/b37-26+. The fraction of sp³-hybridized carbons (Fsp3) is 0.379. The molecule has 2 fully saturated rings. The van der Waals surface area contributed by atoms with Crippen molar-refractivity contribution in [3.05, 3.63) is 60.1 Å². The van der Waals surface area contributed by atoms with Gasteiger partial charge in [0.05, 0.1) is 41.2 Å². The van der Waals surface area contributed by atoms with Gasteiger partial charge in [-0.1, -0.05) is 13.3 Å². The van der Waals surface area contributed by atoms with E-state index in [-0.39, 0.29) is 11.8 Å². The number of aromatic nitrogens is 5. The van der Waals surface area contributed by atoms with Gasteiger partial charge in [0.15, 0.2) is 5.82 Å². The van der Waals surface area contributed by atoms with Crippen LogP contribution in [0.1, 0.15) is 43.1 Å². The van der Waals surface area contributed by atoms with Crippen LogP contribution in [0.25, 0.3) is 22.3 Å². The van der Waals surface area contributed by atoms with Gasteiger partial charge in [-0.15, -0.1) is 0 Å². The van der Waals surface area contributed by atoms with Crippen LogP contribution in [-0.4, -0.2) is 74.7 Å². The van der Waals surface area contributed by atoms with E-state index >= 15 is 0 Å². The summed E-state index contributed by atoms with van der Waals surface area (Å²) in [4.78, 5) is 39.0. The van der Waals surface area contributed by atoms with E-state index in [0.29, 0.717) is 22.9 Å². The molecule has 4 aromatic heterocycles. The van der Waals surface area contributed by atoms with Crippen LogP contribution in [-0.2, 0) is 11.2 Å².